The summed E-state index contributed by atoms with van der Waals surface area (Å²) in [5.74, 6) is -0.582. The van der Waals surface area contributed by atoms with Crippen LogP contribution in [0, 0.1) is 29.6 Å². The minimum atomic E-state index is -0.557. The Morgan fingerprint density at radius 2 is 1.49 bits per heavy atom. The Hall–Kier alpha value is -3.48. The molecule has 2 saturated heterocycles. The smallest absolute Gasteiger partial charge is 0.316 e. The maximum absolute atomic E-state index is 13.1. The van der Waals surface area contributed by atoms with Crippen LogP contribution in [0.1, 0.15) is 50.7 Å². The largest absolute Gasteiger partial charge is 0.426 e. The van der Waals surface area contributed by atoms with Crippen LogP contribution in [0.15, 0.2) is 42.5 Å². The summed E-state index contributed by atoms with van der Waals surface area (Å²) in [4.78, 5) is 55.1. The highest BCUT2D eigenvalue weighted by Gasteiger charge is 2.61. The average molecular weight is 501 g/mol. The number of ether oxygens (including phenoxy) is 1. The van der Waals surface area contributed by atoms with Gasteiger partial charge in [0.1, 0.15) is 5.75 Å². The Kier molecular flexibility index (Phi) is 5.89. The number of hydrogen-bond donors (Lipinski definition) is 0. The second kappa shape index (κ2) is 9.12. The van der Waals surface area contributed by atoms with Gasteiger partial charge in [0.2, 0.25) is 17.7 Å². The standard InChI is InChI=1S/C30H32N2O5/c1-3-17-6-5-7-18(4-2)27(17)31-16-21(15-24(31)33)30(36)37-23-12-10-22(11-13-23)32-28(34)25-19-8-9-20(14-19)26(25)29(32)35/h5-7,10-13,19-21,25-26H,3-4,8-9,14-16H2,1-2H3/t19-,20-,21-,25-,26+/m0/s1. The van der Waals surface area contributed by atoms with Gasteiger partial charge in [0.05, 0.1) is 23.4 Å². The maximum atomic E-state index is 13.1. The lowest BCUT2D eigenvalue weighted by Gasteiger charge is -2.23. The number of amides is 3. The predicted octanol–water partition coefficient (Wildman–Crippen LogP) is 4.31. The number of carbonyl (C=O) groups excluding carboxylic acids is 4. The van der Waals surface area contributed by atoms with Crippen LogP contribution in [0.3, 0.4) is 0 Å². The van der Waals surface area contributed by atoms with Crippen molar-refractivity contribution in [3.8, 4) is 5.75 Å². The molecule has 5 atom stereocenters. The first-order chi connectivity index (χ1) is 17.9. The van der Waals surface area contributed by atoms with Gasteiger partial charge >= 0.3 is 5.97 Å². The van der Waals surface area contributed by atoms with Crippen LogP contribution in [0.25, 0.3) is 0 Å². The van der Waals surface area contributed by atoms with E-state index in [-0.39, 0.29) is 36.0 Å². The highest BCUT2D eigenvalue weighted by molar-refractivity contribution is 6.22. The van der Waals surface area contributed by atoms with Crippen LogP contribution < -0.4 is 14.5 Å². The van der Waals surface area contributed by atoms with Crippen molar-refractivity contribution < 1.29 is 23.9 Å². The molecule has 2 aliphatic carbocycles. The number of nitrogens with zero attached hydrogens (tertiary/aromatic N) is 2. The first kappa shape index (κ1) is 23.9. The van der Waals surface area contributed by atoms with E-state index in [9.17, 15) is 19.2 Å². The van der Waals surface area contributed by atoms with E-state index < -0.39 is 11.9 Å². The summed E-state index contributed by atoms with van der Waals surface area (Å²) in [6, 6.07) is 12.6. The van der Waals surface area contributed by atoms with E-state index in [0.717, 1.165) is 48.9 Å². The van der Waals surface area contributed by atoms with Crippen LogP contribution in [0.4, 0.5) is 11.4 Å². The molecule has 3 amide bonds. The number of para-hydroxylation sites is 1. The van der Waals surface area contributed by atoms with Crippen LogP contribution in [-0.4, -0.2) is 30.2 Å². The molecule has 2 aromatic carbocycles. The van der Waals surface area contributed by atoms with Crippen LogP contribution in [0.2, 0.25) is 0 Å². The van der Waals surface area contributed by atoms with Crippen molar-refractivity contribution in [3.05, 3.63) is 53.6 Å². The van der Waals surface area contributed by atoms with E-state index in [4.69, 9.17) is 4.74 Å². The van der Waals surface area contributed by atoms with Crippen LogP contribution in [-0.2, 0) is 32.0 Å². The molecule has 0 unspecified atom stereocenters. The molecular formula is C30H32N2O5. The summed E-state index contributed by atoms with van der Waals surface area (Å²) in [6.07, 6.45) is 4.80. The number of hydrogen-bond acceptors (Lipinski definition) is 5. The molecule has 0 N–H and O–H groups in total. The molecule has 0 aromatic heterocycles. The maximum Gasteiger partial charge on any atom is 0.316 e. The molecule has 7 nitrogen and oxygen atoms in total. The summed E-state index contributed by atoms with van der Waals surface area (Å²) in [6.45, 7) is 4.42. The van der Waals surface area contributed by atoms with Gasteiger partial charge < -0.3 is 9.64 Å². The van der Waals surface area contributed by atoms with Gasteiger partial charge in [0.15, 0.2) is 0 Å². The minimum absolute atomic E-state index is 0.0709. The number of fused-ring (bicyclic) bond motifs is 5. The van der Waals surface area contributed by atoms with E-state index in [0.29, 0.717) is 29.8 Å². The van der Waals surface area contributed by atoms with Gasteiger partial charge in [-0.2, -0.15) is 0 Å². The fraction of sp³-hybridized carbons (Fsp3) is 0.467. The minimum Gasteiger partial charge on any atom is -0.426 e. The molecule has 2 saturated carbocycles. The molecule has 4 fully saturated rings. The van der Waals surface area contributed by atoms with Gasteiger partial charge in [0, 0.05) is 18.7 Å². The highest BCUT2D eigenvalue weighted by atomic mass is 16.5. The second-order valence-electron chi connectivity index (χ2n) is 10.8. The molecular weight excluding hydrogens is 468 g/mol. The lowest BCUT2D eigenvalue weighted by atomic mass is 9.81. The van der Waals surface area contributed by atoms with Crippen molar-refractivity contribution >= 4 is 35.1 Å². The SMILES string of the molecule is CCc1cccc(CC)c1N1C[C@@H](C(=O)Oc2ccc(N3C(=O)[C@@H]4[C@H]5CC[C@@H](C5)[C@@H]4C3=O)cc2)CC1=O. The number of esters is 1. The Balaban J connectivity index is 1.14. The summed E-state index contributed by atoms with van der Waals surface area (Å²) >= 11 is 0. The number of anilines is 2. The summed E-state index contributed by atoms with van der Waals surface area (Å²) in [5, 5.41) is 0. The third-order valence-electron chi connectivity index (χ3n) is 8.93. The van der Waals surface area contributed by atoms with Crippen LogP contribution in [0.5, 0.6) is 5.75 Å². The predicted molar refractivity (Wildman–Crippen MR) is 138 cm³/mol. The number of imide groups is 1. The highest BCUT2D eigenvalue weighted by Crippen LogP contribution is 2.56. The molecule has 37 heavy (non-hydrogen) atoms. The third kappa shape index (κ3) is 3.78. The molecule has 2 heterocycles. The Bertz CT molecular complexity index is 1240. The summed E-state index contributed by atoms with van der Waals surface area (Å²) in [5.41, 5.74) is 3.64. The zero-order valence-electron chi connectivity index (χ0n) is 21.3. The fourth-order valence-corrected chi connectivity index (χ4v) is 7.17. The molecule has 7 heteroatoms. The topological polar surface area (TPSA) is 84.0 Å². The summed E-state index contributed by atoms with van der Waals surface area (Å²) < 4.78 is 5.63. The molecule has 2 aromatic rings. The van der Waals surface area contributed by atoms with Crippen LogP contribution >= 0.6 is 0 Å². The number of benzene rings is 2. The lowest BCUT2D eigenvalue weighted by Crippen LogP contribution is -2.32. The monoisotopic (exact) mass is 500 g/mol. The Morgan fingerprint density at radius 3 is 2.05 bits per heavy atom. The zero-order chi connectivity index (χ0) is 25.8. The molecule has 2 aliphatic heterocycles. The quantitative estimate of drug-likeness (QED) is 0.335. The number of carbonyl (C=O) groups is 4. The van der Waals surface area contributed by atoms with E-state index >= 15 is 0 Å². The van der Waals surface area contributed by atoms with Crippen molar-refractivity contribution in [2.24, 2.45) is 29.6 Å². The third-order valence-corrected chi connectivity index (χ3v) is 8.93. The van der Waals surface area contributed by atoms with Gasteiger partial charge in [-0.25, -0.2) is 0 Å². The Labute approximate surface area is 216 Å². The summed E-state index contributed by atoms with van der Waals surface area (Å²) in [7, 11) is 0. The molecule has 4 aliphatic rings. The first-order valence-electron chi connectivity index (χ1n) is 13.5. The van der Waals surface area contributed by atoms with Crippen molar-refractivity contribution in [1.82, 2.24) is 0 Å². The molecule has 192 valence electrons. The average Bonchev–Trinajstić information content (AvgIpc) is 3.67. The van der Waals surface area contributed by atoms with Crippen molar-refractivity contribution in [1.29, 1.82) is 0 Å². The van der Waals surface area contributed by atoms with E-state index in [1.54, 1.807) is 29.2 Å². The van der Waals surface area contributed by atoms with Gasteiger partial charge in [-0.05, 0) is 79.3 Å². The zero-order valence-corrected chi connectivity index (χ0v) is 21.3. The molecule has 2 bridgehead atoms. The van der Waals surface area contributed by atoms with Gasteiger partial charge in [-0.1, -0.05) is 32.0 Å². The van der Waals surface area contributed by atoms with E-state index in [1.165, 1.54) is 4.90 Å². The fourth-order valence-electron chi connectivity index (χ4n) is 7.17. The van der Waals surface area contributed by atoms with Crippen molar-refractivity contribution in [3.63, 3.8) is 0 Å². The number of aryl methyl sites for hydroxylation is 2. The van der Waals surface area contributed by atoms with Crippen molar-refractivity contribution in [2.45, 2.75) is 52.4 Å². The van der Waals surface area contributed by atoms with Crippen molar-refractivity contribution in [2.75, 3.05) is 16.3 Å². The number of rotatable bonds is 6. The normalized spacial score (nSPS) is 28.4. The Morgan fingerprint density at radius 1 is 0.892 bits per heavy atom. The second-order valence-corrected chi connectivity index (χ2v) is 10.8. The molecule has 6 rings (SSSR count). The lowest BCUT2D eigenvalue weighted by molar-refractivity contribution is -0.139. The van der Waals surface area contributed by atoms with Gasteiger partial charge in [-0.15, -0.1) is 0 Å². The van der Waals surface area contributed by atoms with E-state index in [2.05, 4.69) is 13.8 Å². The van der Waals surface area contributed by atoms with Gasteiger partial charge in [-0.3, -0.25) is 24.1 Å². The van der Waals surface area contributed by atoms with E-state index in [1.807, 2.05) is 18.2 Å². The molecule has 0 spiro atoms. The first-order valence-corrected chi connectivity index (χ1v) is 13.5. The van der Waals surface area contributed by atoms with Gasteiger partial charge in [0.25, 0.3) is 0 Å². The molecule has 0 radical (unpaired) electrons.